The van der Waals surface area contributed by atoms with Crippen LogP contribution in [0.2, 0.25) is 0 Å². The SMILES string of the molecule is CC1=NS(=O)(=O)N(C)C=C1C(=O)Nc1cccc(C)c1C. The number of aryl methyl sites for hydroxylation is 1. The highest BCUT2D eigenvalue weighted by Gasteiger charge is 2.25. The summed E-state index contributed by atoms with van der Waals surface area (Å²) in [5.41, 5.74) is 3.14. The minimum Gasteiger partial charge on any atom is -0.322 e. The third-order valence-electron chi connectivity index (χ3n) is 3.41. The first-order chi connectivity index (χ1) is 9.72. The zero-order valence-corrected chi connectivity index (χ0v) is 13.2. The van der Waals surface area contributed by atoms with Gasteiger partial charge in [0.05, 0.1) is 11.3 Å². The van der Waals surface area contributed by atoms with Gasteiger partial charge in [-0.15, -0.1) is 4.40 Å². The van der Waals surface area contributed by atoms with Crippen molar-refractivity contribution in [2.45, 2.75) is 20.8 Å². The van der Waals surface area contributed by atoms with E-state index in [1.807, 2.05) is 26.0 Å². The molecule has 1 aromatic carbocycles. The molecule has 1 amide bonds. The van der Waals surface area contributed by atoms with Crippen molar-refractivity contribution >= 4 is 27.5 Å². The minimum atomic E-state index is -3.70. The van der Waals surface area contributed by atoms with Crippen LogP contribution in [0.25, 0.3) is 0 Å². The monoisotopic (exact) mass is 307 g/mol. The minimum absolute atomic E-state index is 0.177. The van der Waals surface area contributed by atoms with E-state index in [1.165, 1.54) is 20.2 Å². The van der Waals surface area contributed by atoms with Gasteiger partial charge in [-0.25, -0.2) is 0 Å². The van der Waals surface area contributed by atoms with E-state index in [-0.39, 0.29) is 17.2 Å². The average molecular weight is 307 g/mol. The number of carbonyl (C=O) groups is 1. The molecule has 0 bridgehead atoms. The van der Waals surface area contributed by atoms with E-state index in [1.54, 1.807) is 6.07 Å². The summed E-state index contributed by atoms with van der Waals surface area (Å²) in [7, 11) is -2.36. The second kappa shape index (κ2) is 5.33. The van der Waals surface area contributed by atoms with Crippen LogP contribution in [0.4, 0.5) is 5.69 Å². The van der Waals surface area contributed by atoms with Gasteiger partial charge < -0.3 is 5.32 Å². The first-order valence-corrected chi connectivity index (χ1v) is 7.76. The Morgan fingerprint density at radius 1 is 1.24 bits per heavy atom. The molecule has 0 saturated heterocycles. The van der Waals surface area contributed by atoms with Gasteiger partial charge in [0.15, 0.2) is 0 Å². The zero-order chi connectivity index (χ0) is 15.8. The van der Waals surface area contributed by atoms with Crippen molar-refractivity contribution in [2.24, 2.45) is 4.40 Å². The lowest BCUT2D eigenvalue weighted by Crippen LogP contribution is -2.30. The molecule has 0 aliphatic carbocycles. The number of anilines is 1. The molecular weight excluding hydrogens is 290 g/mol. The molecule has 0 spiro atoms. The maximum absolute atomic E-state index is 12.3. The van der Waals surface area contributed by atoms with Gasteiger partial charge in [-0.1, -0.05) is 12.1 Å². The normalized spacial score (nSPS) is 17.0. The van der Waals surface area contributed by atoms with Crippen LogP contribution >= 0.6 is 0 Å². The van der Waals surface area contributed by atoms with Gasteiger partial charge in [0.1, 0.15) is 0 Å². The summed E-state index contributed by atoms with van der Waals surface area (Å²) in [4.78, 5) is 12.3. The molecule has 2 rings (SSSR count). The molecule has 7 heteroatoms. The molecule has 0 aromatic heterocycles. The summed E-state index contributed by atoms with van der Waals surface area (Å²) in [5, 5.41) is 2.79. The van der Waals surface area contributed by atoms with Crippen molar-refractivity contribution in [3.8, 4) is 0 Å². The van der Waals surface area contributed by atoms with E-state index < -0.39 is 10.2 Å². The number of carbonyl (C=O) groups excluding carboxylic acids is 1. The third kappa shape index (κ3) is 2.97. The van der Waals surface area contributed by atoms with Crippen molar-refractivity contribution in [3.63, 3.8) is 0 Å². The summed E-state index contributed by atoms with van der Waals surface area (Å²) < 4.78 is 27.7. The summed E-state index contributed by atoms with van der Waals surface area (Å²) >= 11 is 0. The number of hydrogen-bond donors (Lipinski definition) is 1. The van der Waals surface area contributed by atoms with Crippen LogP contribution in [0.1, 0.15) is 18.1 Å². The third-order valence-corrected chi connectivity index (χ3v) is 4.75. The standard InChI is InChI=1S/C14H17N3O3S/c1-9-6-5-7-13(10(9)2)15-14(18)12-8-17(4)21(19,20)16-11(12)3/h5-8H,1-4H3,(H,15,18). The molecule has 0 fully saturated rings. The first-order valence-electron chi connectivity index (χ1n) is 6.36. The Kier molecular flexibility index (Phi) is 3.87. The second-order valence-corrected chi connectivity index (χ2v) is 6.57. The van der Waals surface area contributed by atoms with Gasteiger partial charge in [-0.3, -0.25) is 9.10 Å². The topological polar surface area (TPSA) is 78.8 Å². The van der Waals surface area contributed by atoms with E-state index in [4.69, 9.17) is 0 Å². The molecule has 0 radical (unpaired) electrons. The van der Waals surface area contributed by atoms with E-state index >= 15 is 0 Å². The van der Waals surface area contributed by atoms with Crippen LogP contribution in [0.15, 0.2) is 34.4 Å². The van der Waals surface area contributed by atoms with Crippen molar-refractivity contribution in [1.29, 1.82) is 0 Å². The summed E-state index contributed by atoms with van der Waals surface area (Å²) in [6.45, 7) is 5.37. The summed E-state index contributed by atoms with van der Waals surface area (Å²) in [5.74, 6) is -0.383. The Hall–Kier alpha value is -2.15. The van der Waals surface area contributed by atoms with Crippen LogP contribution in [-0.2, 0) is 15.0 Å². The maximum atomic E-state index is 12.3. The van der Waals surface area contributed by atoms with Gasteiger partial charge in [0, 0.05) is 18.9 Å². The highest BCUT2D eigenvalue weighted by atomic mass is 32.2. The molecule has 1 aromatic rings. The summed E-state index contributed by atoms with van der Waals surface area (Å²) in [6.07, 6.45) is 1.28. The van der Waals surface area contributed by atoms with Gasteiger partial charge in [0.25, 0.3) is 5.91 Å². The molecule has 1 aliphatic rings. The predicted octanol–water partition coefficient (Wildman–Crippen LogP) is 1.78. The Balaban J connectivity index is 2.30. The number of amides is 1. The quantitative estimate of drug-likeness (QED) is 0.904. The van der Waals surface area contributed by atoms with Crippen molar-refractivity contribution in [3.05, 3.63) is 41.1 Å². The molecule has 1 N–H and O–H groups in total. The fourth-order valence-corrected chi connectivity index (χ4v) is 2.74. The molecule has 1 heterocycles. The van der Waals surface area contributed by atoms with Crippen molar-refractivity contribution in [2.75, 3.05) is 12.4 Å². The van der Waals surface area contributed by atoms with Crippen LogP contribution < -0.4 is 5.32 Å². The predicted molar refractivity (Wildman–Crippen MR) is 82.4 cm³/mol. The highest BCUT2D eigenvalue weighted by Crippen LogP contribution is 2.20. The van der Waals surface area contributed by atoms with Gasteiger partial charge >= 0.3 is 10.2 Å². The zero-order valence-electron chi connectivity index (χ0n) is 12.3. The second-order valence-electron chi connectivity index (χ2n) is 4.92. The number of rotatable bonds is 2. The maximum Gasteiger partial charge on any atom is 0.344 e. The average Bonchev–Trinajstić information content (AvgIpc) is 2.38. The smallest absolute Gasteiger partial charge is 0.322 e. The van der Waals surface area contributed by atoms with Crippen LogP contribution in [0, 0.1) is 13.8 Å². The van der Waals surface area contributed by atoms with E-state index in [0.717, 1.165) is 15.4 Å². The molecule has 112 valence electrons. The first kappa shape index (κ1) is 15.2. The fourth-order valence-electron chi connectivity index (χ4n) is 1.93. The molecule has 0 unspecified atom stereocenters. The summed E-state index contributed by atoms with van der Waals surface area (Å²) in [6, 6.07) is 5.61. The Morgan fingerprint density at radius 2 is 1.90 bits per heavy atom. The Bertz CT molecular complexity index is 764. The lowest BCUT2D eigenvalue weighted by molar-refractivity contribution is -0.112. The number of nitrogens with one attached hydrogen (secondary N) is 1. The van der Waals surface area contributed by atoms with Crippen molar-refractivity contribution in [1.82, 2.24) is 4.31 Å². The van der Waals surface area contributed by atoms with Gasteiger partial charge in [-0.2, -0.15) is 8.42 Å². The van der Waals surface area contributed by atoms with E-state index in [2.05, 4.69) is 9.71 Å². The highest BCUT2D eigenvalue weighted by molar-refractivity contribution is 7.88. The molecule has 6 nitrogen and oxygen atoms in total. The molecular formula is C14H17N3O3S. The van der Waals surface area contributed by atoms with Crippen molar-refractivity contribution < 1.29 is 13.2 Å². The number of hydrogen-bond acceptors (Lipinski definition) is 3. The number of benzene rings is 1. The van der Waals surface area contributed by atoms with Gasteiger partial charge in [-0.05, 0) is 38.0 Å². The lowest BCUT2D eigenvalue weighted by atomic mass is 10.1. The van der Waals surface area contributed by atoms with Crippen LogP contribution in [0.5, 0.6) is 0 Å². The Morgan fingerprint density at radius 3 is 2.57 bits per heavy atom. The molecule has 0 atom stereocenters. The Labute approximate surface area is 124 Å². The van der Waals surface area contributed by atoms with Crippen LogP contribution in [0.3, 0.4) is 0 Å². The molecule has 0 saturated carbocycles. The lowest BCUT2D eigenvalue weighted by Gasteiger charge is -2.20. The van der Waals surface area contributed by atoms with E-state index in [0.29, 0.717) is 5.69 Å². The molecule has 21 heavy (non-hydrogen) atoms. The fraction of sp³-hybridized carbons (Fsp3) is 0.286. The largest absolute Gasteiger partial charge is 0.344 e. The van der Waals surface area contributed by atoms with E-state index in [9.17, 15) is 13.2 Å². The van der Waals surface area contributed by atoms with Gasteiger partial charge in [0.2, 0.25) is 0 Å². The number of nitrogens with zero attached hydrogens (tertiary/aromatic N) is 2. The molecule has 1 aliphatic heterocycles. The van der Waals surface area contributed by atoms with Crippen LogP contribution in [-0.4, -0.2) is 31.4 Å².